The van der Waals surface area contributed by atoms with E-state index in [0.29, 0.717) is 5.82 Å². The quantitative estimate of drug-likeness (QED) is 0.173. The topological polar surface area (TPSA) is 52.7 Å². The number of aromatic nitrogens is 4. The number of imidazole rings is 1. The molecule has 5 nitrogen and oxygen atoms in total. The van der Waals surface area contributed by atoms with E-state index in [2.05, 4.69) is 146 Å². The molecule has 0 saturated heterocycles. The first-order valence-electron chi connectivity index (χ1n) is 18.6. The summed E-state index contributed by atoms with van der Waals surface area (Å²) in [5.41, 5.74) is 15.0. The summed E-state index contributed by atoms with van der Waals surface area (Å²) in [5, 5.41) is 0. The molecular formula is C50H36N4O. The first kappa shape index (κ1) is 32.5. The number of rotatable bonds is 6. The summed E-state index contributed by atoms with van der Waals surface area (Å²) in [7, 11) is 3.70. The van der Waals surface area contributed by atoms with Gasteiger partial charge >= 0.3 is 5.69 Å². The summed E-state index contributed by atoms with van der Waals surface area (Å²) in [6, 6.07) is 64.1. The normalized spacial score (nSPS) is 12.8. The molecular weight excluding hydrogens is 673 g/mol. The molecule has 0 N–H and O–H groups in total. The Morgan fingerprint density at radius 3 is 1.71 bits per heavy atom. The first-order chi connectivity index (χ1) is 27.0. The summed E-state index contributed by atoms with van der Waals surface area (Å²) < 4.78 is 3.48. The molecule has 0 aliphatic heterocycles. The van der Waals surface area contributed by atoms with Gasteiger partial charge in [-0.25, -0.2) is 14.8 Å². The van der Waals surface area contributed by atoms with Crippen LogP contribution in [0.15, 0.2) is 187 Å². The number of aryl methyl sites for hydroxylation is 2. The summed E-state index contributed by atoms with van der Waals surface area (Å²) in [6.07, 6.45) is 0. The number of para-hydroxylation sites is 1. The highest BCUT2D eigenvalue weighted by Gasteiger charge is 2.47. The summed E-state index contributed by atoms with van der Waals surface area (Å²) in [4.78, 5) is 23.6. The number of benzene rings is 7. The van der Waals surface area contributed by atoms with Crippen molar-refractivity contribution in [2.24, 2.45) is 14.1 Å². The molecule has 262 valence electrons. The van der Waals surface area contributed by atoms with Gasteiger partial charge < -0.3 is 0 Å². The Morgan fingerprint density at radius 1 is 0.455 bits per heavy atom. The van der Waals surface area contributed by atoms with Crippen molar-refractivity contribution >= 4 is 11.0 Å². The molecule has 0 fully saturated rings. The van der Waals surface area contributed by atoms with Gasteiger partial charge in [0.25, 0.3) is 0 Å². The first-order valence-corrected chi connectivity index (χ1v) is 18.6. The molecule has 0 saturated carbocycles. The van der Waals surface area contributed by atoms with E-state index in [-0.39, 0.29) is 5.69 Å². The van der Waals surface area contributed by atoms with E-state index in [4.69, 9.17) is 9.97 Å². The predicted octanol–water partition coefficient (Wildman–Crippen LogP) is 10.7. The number of hydrogen-bond donors (Lipinski definition) is 0. The molecule has 0 amide bonds. The highest BCUT2D eigenvalue weighted by atomic mass is 16.1. The van der Waals surface area contributed by atoms with Crippen molar-refractivity contribution in [2.45, 2.75) is 5.41 Å². The standard InChI is InChI=1S/C50H36N4O/c1-53-45-28-16-25-38(47(45)54(2)49(53)55)35-29-30-39-42(31-35)50(36-21-11-5-12-22-36,37-23-13-6-14-24-37)41-27-15-26-40(46(39)41)44-32-43(33-17-7-3-8-18-33)51-48(52-44)34-19-9-4-10-20-34/h3-32H,1-2H3. The maximum atomic E-state index is 13.2. The Bertz CT molecular complexity index is 2850. The summed E-state index contributed by atoms with van der Waals surface area (Å²) in [5.74, 6) is 0.682. The van der Waals surface area contributed by atoms with E-state index in [1.165, 1.54) is 22.3 Å². The third-order valence-electron chi connectivity index (χ3n) is 11.3. The maximum absolute atomic E-state index is 13.2. The zero-order valence-electron chi connectivity index (χ0n) is 30.5. The second-order valence-electron chi connectivity index (χ2n) is 14.2. The van der Waals surface area contributed by atoms with Crippen LogP contribution in [-0.4, -0.2) is 19.1 Å². The smallest absolute Gasteiger partial charge is 0.295 e. The third-order valence-corrected chi connectivity index (χ3v) is 11.3. The average Bonchev–Trinajstić information content (AvgIpc) is 3.68. The molecule has 2 aromatic heterocycles. The van der Waals surface area contributed by atoms with Crippen LogP contribution in [-0.2, 0) is 19.5 Å². The van der Waals surface area contributed by atoms with Gasteiger partial charge in [-0.15, -0.1) is 0 Å². The fraction of sp³-hybridized carbons (Fsp3) is 0.0600. The molecule has 0 unspecified atom stereocenters. The van der Waals surface area contributed by atoms with Gasteiger partial charge in [0.1, 0.15) is 0 Å². The van der Waals surface area contributed by atoms with Crippen molar-refractivity contribution in [3.63, 3.8) is 0 Å². The van der Waals surface area contributed by atoms with Gasteiger partial charge in [-0.1, -0.05) is 164 Å². The molecule has 0 atom stereocenters. The SMILES string of the molecule is Cn1c(=O)n(C)c2c(-c3ccc4c(c3)C(c3ccccc3)(c3ccccc3)c3cccc(-c5cc(-c6ccccc6)nc(-c6ccccc6)n5)c3-4)cccc21. The van der Waals surface area contributed by atoms with Crippen molar-refractivity contribution in [3.05, 3.63) is 215 Å². The molecule has 5 heteroatoms. The second-order valence-corrected chi connectivity index (χ2v) is 14.2. The maximum Gasteiger partial charge on any atom is 0.328 e. The Balaban J connectivity index is 1.30. The molecule has 1 aliphatic rings. The van der Waals surface area contributed by atoms with Crippen LogP contribution in [0, 0.1) is 0 Å². The fourth-order valence-electron chi connectivity index (χ4n) is 8.79. The number of hydrogen-bond acceptors (Lipinski definition) is 3. The van der Waals surface area contributed by atoms with Crippen LogP contribution in [0.3, 0.4) is 0 Å². The molecule has 7 aromatic carbocycles. The lowest BCUT2D eigenvalue weighted by Gasteiger charge is -2.34. The van der Waals surface area contributed by atoms with Crippen molar-refractivity contribution in [2.75, 3.05) is 0 Å². The molecule has 0 radical (unpaired) electrons. The highest BCUT2D eigenvalue weighted by Crippen LogP contribution is 2.59. The lowest BCUT2D eigenvalue weighted by molar-refractivity contribution is 0.769. The molecule has 0 bridgehead atoms. The predicted molar refractivity (Wildman–Crippen MR) is 223 cm³/mol. The molecule has 9 aromatic rings. The zero-order valence-corrected chi connectivity index (χ0v) is 30.5. The number of nitrogens with zero attached hydrogens (tertiary/aromatic N) is 4. The minimum atomic E-state index is -0.646. The van der Waals surface area contributed by atoms with Gasteiger partial charge in [-0.2, -0.15) is 0 Å². The van der Waals surface area contributed by atoms with Gasteiger partial charge in [-0.05, 0) is 57.1 Å². The Morgan fingerprint density at radius 2 is 1.04 bits per heavy atom. The fourth-order valence-corrected chi connectivity index (χ4v) is 8.79. The average molecular weight is 709 g/mol. The Kier molecular flexibility index (Phi) is 7.56. The van der Waals surface area contributed by atoms with Crippen LogP contribution in [0.4, 0.5) is 0 Å². The van der Waals surface area contributed by atoms with Crippen LogP contribution in [0.5, 0.6) is 0 Å². The Hall–Kier alpha value is -7.11. The zero-order chi connectivity index (χ0) is 37.1. The number of fused-ring (bicyclic) bond motifs is 4. The minimum Gasteiger partial charge on any atom is -0.295 e. The van der Waals surface area contributed by atoms with Crippen LogP contribution in [0.1, 0.15) is 22.3 Å². The largest absolute Gasteiger partial charge is 0.328 e. The van der Waals surface area contributed by atoms with Crippen molar-refractivity contribution in [1.29, 1.82) is 0 Å². The molecule has 10 rings (SSSR count). The molecule has 1 aliphatic carbocycles. The molecule has 55 heavy (non-hydrogen) atoms. The highest BCUT2D eigenvalue weighted by molar-refractivity contribution is 5.98. The molecule has 2 heterocycles. The van der Waals surface area contributed by atoms with Crippen molar-refractivity contribution < 1.29 is 0 Å². The van der Waals surface area contributed by atoms with E-state index >= 15 is 0 Å². The Labute approximate surface area is 319 Å². The lowest BCUT2D eigenvalue weighted by atomic mass is 9.67. The minimum absolute atomic E-state index is 0.0434. The summed E-state index contributed by atoms with van der Waals surface area (Å²) in [6.45, 7) is 0. The van der Waals surface area contributed by atoms with Crippen LogP contribution in [0.25, 0.3) is 67.2 Å². The monoisotopic (exact) mass is 708 g/mol. The third kappa shape index (κ3) is 4.97. The van der Waals surface area contributed by atoms with E-state index in [9.17, 15) is 4.79 Å². The lowest BCUT2D eigenvalue weighted by Crippen LogP contribution is -2.28. The van der Waals surface area contributed by atoms with E-state index < -0.39 is 5.41 Å². The van der Waals surface area contributed by atoms with Crippen LogP contribution in [0.2, 0.25) is 0 Å². The van der Waals surface area contributed by atoms with Crippen molar-refractivity contribution in [3.8, 4) is 56.2 Å². The molecule has 0 spiro atoms. The van der Waals surface area contributed by atoms with Crippen LogP contribution >= 0.6 is 0 Å². The van der Waals surface area contributed by atoms with Gasteiger partial charge in [0.2, 0.25) is 0 Å². The van der Waals surface area contributed by atoms with Gasteiger partial charge in [0.15, 0.2) is 5.82 Å². The van der Waals surface area contributed by atoms with Crippen LogP contribution < -0.4 is 5.69 Å². The second kappa shape index (κ2) is 12.8. The van der Waals surface area contributed by atoms with Gasteiger partial charge in [-0.3, -0.25) is 9.13 Å². The van der Waals surface area contributed by atoms with E-state index in [1.807, 2.05) is 50.5 Å². The van der Waals surface area contributed by atoms with E-state index in [0.717, 1.165) is 61.4 Å². The van der Waals surface area contributed by atoms with Gasteiger partial charge in [0.05, 0.1) is 27.8 Å². The van der Waals surface area contributed by atoms with Gasteiger partial charge in [0, 0.05) is 36.3 Å². The summed E-state index contributed by atoms with van der Waals surface area (Å²) >= 11 is 0. The van der Waals surface area contributed by atoms with E-state index in [1.54, 1.807) is 9.13 Å². The van der Waals surface area contributed by atoms with Crippen molar-refractivity contribution in [1.82, 2.24) is 19.1 Å².